The average molecular weight is 211 g/mol. The number of thiazole rings is 1. The first-order chi connectivity index (χ1) is 6.77. The van der Waals surface area contributed by atoms with Crippen LogP contribution in [0.5, 0.6) is 0 Å². The number of nitrogens with one attached hydrogen (secondary N) is 1. The summed E-state index contributed by atoms with van der Waals surface area (Å²) in [7, 11) is 0. The molecule has 1 aliphatic rings. The monoisotopic (exact) mass is 211 g/mol. The van der Waals surface area contributed by atoms with Crippen molar-refractivity contribution in [2.75, 3.05) is 31.1 Å². The smallest absolute Gasteiger partial charge is 0.186 e. The molecule has 1 N–H and O–H groups in total. The SMILES string of the molecule is CC(=O)c1cnc(N2CCNCC2)s1. The summed E-state index contributed by atoms with van der Waals surface area (Å²) in [6.45, 7) is 5.52. The van der Waals surface area contributed by atoms with Gasteiger partial charge in [0, 0.05) is 33.1 Å². The summed E-state index contributed by atoms with van der Waals surface area (Å²) in [6.07, 6.45) is 1.67. The van der Waals surface area contributed by atoms with Crippen LogP contribution >= 0.6 is 11.3 Å². The molecule has 5 heteroatoms. The largest absolute Gasteiger partial charge is 0.346 e. The molecule has 2 heterocycles. The summed E-state index contributed by atoms with van der Waals surface area (Å²) < 4.78 is 0. The van der Waals surface area contributed by atoms with Crippen molar-refractivity contribution in [3.8, 4) is 0 Å². The van der Waals surface area contributed by atoms with E-state index in [9.17, 15) is 4.79 Å². The Labute approximate surface area is 86.9 Å². The Morgan fingerprint density at radius 1 is 1.57 bits per heavy atom. The van der Waals surface area contributed by atoms with Crippen LogP contribution in [0.3, 0.4) is 0 Å². The summed E-state index contributed by atoms with van der Waals surface area (Å²) in [4.78, 5) is 18.3. The molecule has 1 saturated heterocycles. The number of hydrogen-bond acceptors (Lipinski definition) is 5. The molecule has 4 nitrogen and oxygen atoms in total. The highest BCUT2D eigenvalue weighted by Gasteiger charge is 2.14. The highest BCUT2D eigenvalue weighted by atomic mass is 32.1. The molecule has 0 unspecified atom stereocenters. The third-order valence-corrected chi connectivity index (χ3v) is 3.39. The van der Waals surface area contributed by atoms with Crippen LogP contribution in [0.25, 0.3) is 0 Å². The van der Waals surface area contributed by atoms with Gasteiger partial charge in [-0.05, 0) is 0 Å². The number of rotatable bonds is 2. The zero-order valence-electron chi connectivity index (χ0n) is 8.12. The summed E-state index contributed by atoms with van der Waals surface area (Å²) in [5.41, 5.74) is 0. The van der Waals surface area contributed by atoms with Gasteiger partial charge in [-0.2, -0.15) is 0 Å². The predicted molar refractivity (Wildman–Crippen MR) is 57.2 cm³/mol. The first-order valence-corrected chi connectivity index (χ1v) is 5.51. The van der Waals surface area contributed by atoms with Crippen LogP contribution in [0.4, 0.5) is 5.13 Å². The van der Waals surface area contributed by atoms with Gasteiger partial charge in [0.2, 0.25) is 0 Å². The Morgan fingerprint density at radius 3 is 2.86 bits per heavy atom. The molecule has 0 spiro atoms. The number of hydrogen-bond donors (Lipinski definition) is 1. The van der Waals surface area contributed by atoms with Crippen molar-refractivity contribution in [1.82, 2.24) is 10.3 Å². The molecule has 76 valence electrons. The maximum atomic E-state index is 11.1. The van der Waals surface area contributed by atoms with Crippen molar-refractivity contribution in [1.29, 1.82) is 0 Å². The molecular weight excluding hydrogens is 198 g/mol. The predicted octanol–water partition coefficient (Wildman–Crippen LogP) is 0.755. The maximum Gasteiger partial charge on any atom is 0.186 e. The minimum Gasteiger partial charge on any atom is -0.346 e. The fourth-order valence-corrected chi connectivity index (χ4v) is 2.29. The molecule has 0 aromatic carbocycles. The van der Waals surface area contributed by atoms with Gasteiger partial charge in [0.25, 0.3) is 0 Å². The number of nitrogens with zero attached hydrogens (tertiary/aromatic N) is 2. The summed E-state index contributed by atoms with van der Waals surface area (Å²) >= 11 is 1.48. The van der Waals surface area contributed by atoms with Crippen LogP contribution < -0.4 is 10.2 Å². The first kappa shape index (κ1) is 9.61. The second kappa shape index (κ2) is 4.06. The summed E-state index contributed by atoms with van der Waals surface area (Å²) in [6, 6.07) is 0. The summed E-state index contributed by atoms with van der Waals surface area (Å²) in [5.74, 6) is 0.101. The Kier molecular flexibility index (Phi) is 2.79. The lowest BCUT2D eigenvalue weighted by Gasteiger charge is -2.26. The lowest BCUT2D eigenvalue weighted by atomic mass is 10.4. The van der Waals surface area contributed by atoms with Crippen LogP contribution in [0, 0.1) is 0 Å². The second-order valence-electron chi connectivity index (χ2n) is 3.30. The van der Waals surface area contributed by atoms with Gasteiger partial charge in [0.05, 0.1) is 11.1 Å². The van der Waals surface area contributed by atoms with E-state index >= 15 is 0 Å². The minimum atomic E-state index is 0.101. The van der Waals surface area contributed by atoms with E-state index in [1.54, 1.807) is 13.1 Å². The first-order valence-electron chi connectivity index (χ1n) is 4.70. The Balaban J connectivity index is 2.11. The van der Waals surface area contributed by atoms with E-state index in [1.165, 1.54) is 11.3 Å². The van der Waals surface area contributed by atoms with E-state index in [-0.39, 0.29) is 5.78 Å². The number of carbonyl (C=O) groups is 1. The molecule has 0 bridgehead atoms. The highest BCUT2D eigenvalue weighted by Crippen LogP contribution is 2.22. The van der Waals surface area contributed by atoms with Gasteiger partial charge >= 0.3 is 0 Å². The minimum absolute atomic E-state index is 0.101. The standard InChI is InChI=1S/C9H13N3OS/c1-7(13)8-6-11-9(14-8)12-4-2-10-3-5-12/h6,10H,2-5H2,1H3. The Morgan fingerprint density at radius 2 is 2.29 bits per heavy atom. The molecule has 1 aromatic rings. The van der Waals surface area contributed by atoms with Crippen molar-refractivity contribution in [3.05, 3.63) is 11.1 Å². The molecule has 14 heavy (non-hydrogen) atoms. The van der Waals surface area contributed by atoms with Gasteiger partial charge < -0.3 is 10.2 Å². The molecule has 1 aliphatic heterocycles. The molecule has 0 amide bonds. The molecule has 0 aliphatic carbocycles. The normalized spacial score (nSPS) is 17.1. The Bertz CT molecular complexity index is 331. The summed E-state index contributed by atoms with van der Waals surface area (Å²) in [5, 5.41) is 4.25. The lowest BCUT2D eigenvalue weighted by molar-refractivity contribution is 0.102. The molecular formula is C9H13N3OS. The van der Waals surface area contributed by atoms with Crippen LogP contribution in [-0.2, 0) is 0 Å². The van der Waals surface area contributed by atoms with Gasteiger partial charge in [-0.3, -0.25) is 4.79 Å². The zero-order valence-corrected chi connectivity index (χ0v) is 8.93. The van der Waals surface area contributed by atoms with E-state index < -0.39 is 0 Å². The van der Waals surface area contributed by atoms with Crippen LogP contribution in [0.15, 0.2) is 6.20 Å². The molecule has 1 fully saturated rings. The Hall–Kier alpha value is -0.940. The van der Waals surface area contributed by atoms with Crippen LogP contribution in [0.2, 0.25) is 0 Å². The van der Waals surface area contributed by atoms with E-state index in [4.69, 9.17) is 0 Å². The molecule has 2 rings (SSSR count). The van der Waals surface area contributed by atoms with Crippen molar-refractivity contribution in [2.24, 2.45) is 0 Å². The average Bonchev–Trinajstić information content (AvgIpc) is 2.68. The van der Waals surface area contributed by atoms with Crippen molar-refractivity contribution in [3.63, 3.8) is 0 Å². The number of aromatic nitrogens is 1. The zero-order chi connectivity index (χ0) is 9.97. The number of Topliss-reactive ketones (excluding diaryl/α,β-unsaturated/α-hetero) is 1. The number of anilines is 1. The number of carbonyl (C=O) groups excluding carboxylic acids is 1. The van der Waals surface area contributed by atoms with Crippen molar-refractivity contribution >= 4 is 22.3 Å². The number of piperazine rings is 1. The van der Waals surface area contributed by atoms with Gasteiger partial charge in [-0.1, -0.05) is 11.3 Å². The third-order valence-electron chi connectivity index (χ3n) is 2.23. The third kappa shape index (κ3) is 1.93. The van der Waals surface area contributed by atoms with E-state index in [1.807, 2.05) is 0 Å². The quantitative estimate of drug-likeness (QED) is 0.733. The van der Waals surface area contributed by atoms with Gasteiger partial charge in [-0.25, -0.2) is 4.98 Å². The van der Waals surface area contributed by atoms with Gasteiger partial charge in [-0.15, -0.1) is 0 Å². The van der Waals surface area contributed by atoms with Crippen LogP contribution in [0.1, 0.15) is 16.6 Å². The van der Waals surface area contributed by atoms with E-state index in [0.29, 0.717) is 0 Å². The second-order valence-corrected chi connectivity index (χ2v) is 4.31. The van der Waals surface area contributed by atoms with E-state index in [0.717, 1.165) is 36.2 Å². The van der Waals surface area contributed by atoms with Gasteiger partial charge in [0.15, 0.2) is 10.9 Å². The molecule has 0 radical (unpaired) electrons. The lowest BCUT2D eigenvalue weighted by Crippen LogP contribution is -2.43. The van der Waals surface area contributed by atoms with Crippen molar-refractivity contribution < 1.29 is 4.79 Å². The van der Waals surface area contributed by atoms with Gasteiger partial charge in [0.1, 0.15) is 0 Å². The molecule has 0 atom stereocenters. The number of ketones is 1. The van der Waals surface area contributed by atoms with Crippen LogP contribution in [-0.4, -0.2) is 36.9 Å². The topological polar surface area (TPSA) is 45.2 Å². The maximum absolute atomic E-state index is 11.1. The molecule has 1 aromatic heterocycles. The van der Waals surface area contributed by atoms with Crippen molar-refractivity contribution in [2.45, 2.75) is 6.92 Å². The highest BCUT2D eigenvalue weighted by molar-refractivity contribution is 7.17. The molecule has 0 saturated carbocycles. The fourth-order valence-electron chi connectivity index (χ4n) is 1.43. The fraction of sp³-hybridized carbons (Fsp3) is 0.556. The van der Waals surface area contributed by atoms with E-state index in [2.05, 4.69) is 15.2 Å².